The summed E-state index contributed by atoms with van der Waals surface area (Å²) in [4.78, 5) is 12.4. The molecule has 32 heavy (non-hydrogen) atoms. The number of rotatable bonds is 11. The van der Waals surface area contributed by atoms with Crippen LogP contribution in [0.1, 0.15) is 97.3 Å². The average molecular weight is 441 g/mol. The third-order valence-electron chi connectivity index (χ3n) is 7.66. The number of hydrogen-bond acceptors (Lipinski definition) is 3. The molecule has 0 unspecified atom stereocenters. The van der Waals surface area contributed by atoms with E-state index in [0.717, 1.165) is 49.2 Å². The van der Waals surface area contributed by atoms with Gasteiger partial charge in [-0.3, -0.25) is 4.79 Å². The monoisotopic (exact) mass is 440 g/mol. The van der Waals surface area contributed by atoms with Crippen molar-refractivity contribution in [2.24, 2.45) is 23.7 Å². The van der Waals surface area contributed by atoms with Crippen molar-refractivity contribution in [3.8, 4) is 11.5 Å². The highest BCUT2D eigenvalue weighted by atomic mass is 16.5. The van der Waals surface area contributed by atoms with Gasteiger partial charge in [-0.2, -0.15) is 0 Å². The van der Waals surface area contributed by atoms with Crippen molar-refractivity contribution in [2.45, 2.75) is 97.3 Å². The summed E-state index contributed by atoms with van der Waals surface area (Å²) in [6, 6.07) is 7.47. The Morgan fingerprint density at radius 2 is 1.53 bits per heavy atom. The Kier molecular flexibility index (Phi) is 10.6. The maximum atomic E-state index is 12.4. The maximum Gasteiger partial charge on any atom is 0.314 e. The van der Waals surface area contributed by atoms with E-state index in [1.54, 1.807) is 0 Å². The van der Waals surface area contributed by atoms with Crippen LogP contribution in [0, 0.1) is 23.7 Å². The lowest BCUT2D eigenvalue weighted by Gasteiger charge is -2.26. The lowest BCUT2D eigenvalue weighted by Crippen LogP contribution is -2.25. The smallest absolute Gasteiger partial charge is 0.314 e. The van der Waals surface area contributed by atoms with Gasteiger partial charge in [0.15, 0.2) is 0 Å². The number of esters is 1. The summed E-state index contributed by atoms with van der Waals surface area (Å²) >= 11 is 0. The first kappa shape index (κ1) is 24.9. The third kappa shape index (κ3) is 8.30. The van der Waals surface area contributed by atoms with Crippen LogP contribution in [-0.4, -0.2) is 12.6 Å². The van der Waals surface area contributed by atoms with Crippen LogP contribution in [0.3, 0.4) is 0 Å². The zero-order valence-electron chi connectivity index (χ0n) is 20.4. The molecule has 3 heteroatoms. The molecule has 3 rings (SSSR count). The minimum absolute atomic E-state index is 0.0604. The molecule has 0 saturated heterocycles. The summed E-state index contributed by atoms with van der Waals surface area (Å²) in [5.74, 6) is 3.89. The molecule has 178 valence electrons. The quantitative estimate of drug-likeness (QED) is 0.151. The van der Waals surface area contributed by atoms with Gasteiger partial charge in [0.2, 0.25) is 0 Å². The lowest BCUT2D eigenvalue weighted by molar-refractivity contribution is -0.140. The molecule has 0 spiro atoms. The average Bonchev–Trinajstić information content (AvgIpc) is 2.84. The van der Waals surface area contributed by atoms with E-state index in [0.29, 0.717) is 12.4 Å². The second-order valence-electron chi connectivity index (χ2n) is 10.0. The molecule has 0 radical (unpaired) electrons. The van der Waals surface area contributed by atoms with Crippen molar-refractivity contribution in [3.05, 3.63) is 36.4 Å². The van der Waals surface area contributed by atoms with Crippen molar-refractivity contribution in [1.29, 1.82) is 0 Å². The molecule has 0 bridgehead atoms. The lowest BCUT2D eigenvalue weighted by atomic mass is 9.79. The van der Waals surface area contributed by atoms with E-state index in [2.05, 4.69) is 26.0 Å². The van der Waals surface area contributed by atoms with Gasteiger partial charge in [0.05, 0.1) is 5.92 Å². The number of unbranched alkanes of at least 4 members (excludes halogenated alkanes) is 2. The van der Waals surface area contributed by atoms with Crippen LogP contribution in [0.5, 0.6) is 11.5 Å². The normalized spacial score (nSPS) is 26.2. The summed E-state index contributed by atoms with van der Waals surface area (Å²) in [5.41, 5.74) is 0. The van der Waals surface area contributed by atoms with Crippen molar-refractivity contribution < 1.29 is 14.3 Å². The van der Waals surface area contributed by atoms with Crippen LogP contribution >= 0.6 is 0 Å². The minimum Gasteiger partial charge on any atom is -0.490 e. The molecule has 1 aromatic rings. The summed E-state index contributed by atoms with van der Waals surface area (Å²) in [5, 5.41) is 0. The molecule has 0 heterocycles. The first-order valence-electron chi connectivity index (χ1n) is 13.3. The van der Waals surface area contributed by atoms with E-state index in [1.165, 1.54) is 57.8 Å². The zero-order valence-corrected chi connectivity index (χ0v) is 20.4. The topological polar surface area (TPSA) is 35.5 Å². The summed E-state index contributed by atoms with van der Waals surface area (Å²) < 4.78 is 11.5. The van der Waals surface area contributed by atoms with Crippen LogP contribution < -0.4 is 9.47 Å². The number of carbonyl (C=O) groups excluding carboxylic acids is 1. The molecule has 0 aliphatic heterocycles. The summed E-state index contributed by atoms with van der Waals surface area (Å²) in [6.07, 6.45) is 21.0. The second kappa shape index (κ2) is 13.7. The Balaban J connectivity index is 1.32. The second-order valence-corrected chi connectivity index (χ2v) is 10.0. The first-order valence-corrected chi connectivity index (χ1v) is 13.3. The van der Waals surface area contributed by atoms with Crippen LogP contribution in [0.15, 0.2) is 36.4 Å². The van der Waals surface area contributed by atoms with E-state index in [4.69, 9.17) is 9.47 Å². The van der Waals surface area contributed by atoms with Gasteiger partial charge in [0.1, 0.15) is 18.1 Å². The largest absolute Gasteiger partial charge is 0.490 e. The molecular formula is C29H44O3. The van der Waals surface area contributed by atoms with E-state index in [9.17, 15) is 4.79 Å². The molecule has 2 saturated carbocycles. The minimum atomic E-state index is -0.0729. The molecule has 0 N–H and O–H groups in total. The van der Waals surface area contributed by atoms with Crippen molar-refractivity contribution in [3.63, 3.8) is 0 Å². The van der Waals surface area contributed by atoms with E-state index in [1.807, 2.05) is 24.3 Å². The molecule has 0 amide bonds. The van der Waals surface area contributed by atoms with Crippen LogP contribution in [0.2, 0.25) is 0 Å². The Labute approximate surface area is 196 Å². The fourth-order valence-electron chi connectivity index (χ4n) is 5.35. The molecule has 0 aromatic heterocycles. The molecule has 1 aromatic carbocycles. The maximum absolute atomic E-state index is 12.4. The number of carbonyl (C=O) groups is 1. The summed E-state index contributed by atoms with van der Waals surface area (Å²) in [7, 11) is 0. The predicted octanol–water partition coefficient (Wildman–Crippen LogP) is 8.13. The molecule has 2 aliphatic rings. The van der Waals surface area contributed by atoms with Gasteiger partial charge < -0.3 is 9.47 Å². The van der Waals surface area contributed by atoms with Gasteiger partial charge in [-0.05, 0) is 93.4 Å². The number of hydrogen-bond donors (Lipinski definition) is 0. The fourth-order valence-corrected chi connectivity index (χ4v) is 5.35. The van der Waals surface area contributed by atoms with Crippen molar-refractivity contribution in [1.82, 2.24) is 0 Å². The molecule has 2 aliphatic carbocycles. The van der Waals surface area contributed by atoms with Crippen LogP contribution in [-0.2, 0) is 4.79 Å². The van der Waals surface area contributed by atoms with E-state index >= 15 is 0 Å². The van der Waals surface area contributed by atoms with Gasteiger partial charge in [-0.1, -0.05) is 58.1 Å². The Bertz CT molecular complexity index is 677. The van der Waals surface area contributed by atoms with Crippen molar-refractivity contribution >= 4 is 5.97 Å². The Morgan fingerprint density at radius 3 is 2.19 bits per heavy atom. The highest BCUT2D eigenvalue weighted by molar-refractivity contribution is 5.75. The highest BCUT2D eigenvalue weighted by Crippen LogP contribution is 2.33. The number of benzene rings is 1. The molecular weight excluding hydrogens is 396 g/mol. The summed E-state index contributed by atoms with van der Waals surface area (Å²) in [6.45, 7) is 5.12. The van der Waals surface area contributed by atoms with Crippen LogP contribution in [0.4, 0.5) is 0 Å². The number of ether oxygens (including phenoxy) is 2. The predicted molar refractivity (Wildman–Crippen MR) is 132 cm³/mol. The van der Waals surface area contributed by atoms with Gasteiger partial charge >= 0.3 is 5.97 Å². The van der Waals surface area contributed by atoms with Crippen LogP contribution in [0.25, 0.3) is 0 Å². The molecule has 2 fully saturated rings. The number of allylic oxidation sites excluding steroid dienone is 1. The SMILES string of the molecule is CCCCC[C@H]1CC[C@H](C=CCOc2ccc(OC(=O)[C@H]3CC[C@H](CC)CC3)cc2)CC1. The van der Waals surface area contributed by atoms with E-state index in [-0.39, 0.29) is 11.9 Å². The Hall–Kier alpha value is -1.77. The van der Waals surface area contributed by atoms with Gasteiger partial charge in [-0.25, -0.2) is 0 Å². The standard InChI is InChI=1S/C29H44O3/c1-3-5-6-8-24-10-12-25(13-11-24)9-7-22-31-27-18-20-28(21-19-27)32-29(30)26-16-14-23(4-2)15-17-26/h7,9,18-21,23-26H,3-6,8,10-17,22H2,1-2H3/t23-,24-,25-,26-. The molecule has 3 nitrogen and oxygen atoms in total. The van der Waals surface area contributed by atoms with Gasteiger partial charge in [0, 0.05) is 0 Å². The molecule has 0 atom stereocenters. The first-order chi connectivity index (χ1) is 15.7. The highest BCUT2D eigenvalue weighted by Gasteiger charge is 2.27. The van der Waals surface area contributed by atoms with E-state index < -0.39 is 0 Å². The van der Waals surface area contributed by atoms with Gasteiger partial charge in [-0.15, -0.1) is 0 Å². The Morgan fingerprint density at radius 1 is 0.875 bits per heavy atom. The van der Waals surface area contributed by atoms with Gasteiger partial charge in [0.25, 0.3) is 0 Å². The zero-order chi connectivity index (χ0) is 22.6. The van der Waals surface area contributed by atoms with Crippen molar-refractivity contribution in [2.75, 3.05) is 6.61 Å². The fraction of sp³-hybridized carbons (Fsp3) is 0.690. The third-order valence-corrected chi connectivity index (χ3v) is 7.66.